The number of carbonyl (C=O) groups is 2. The van der Waals surface area contributed by atoms with Crippen molar-refractivity contribution in [3.05, 3.63) is 52.0 Å². The fourth-order valence-corrected chi connectivity index (χ4v) is 4.44. The van der Waals surface area contributed by atoms with Gasteiger partial charge in [-0.3, -0.25) is 4.79 Å². The Morgan fingerprint density at radius 1 is 1.14 bits per heavy atom. The minimum Gasteiger partial charge on any atom is -0.494 e. The van der Waals surface area contributed by atoms with Gasteiger partial charge in [0.25, 0.3) is 5.91 Å². The molecule has 0 aliphatic rings. The molecule has 0 aliphatic heterocycles. The molecule has 188 valence electrons. The first-order valence-corrected chi connectivity index (χ1v) is 11.8. The number of rotatable bonds is 9. The Kier molecular flexibility index (Phi) is 8.34. The number of unbranched alkanes of at least 4 members (excludes halogenated alkanes) is 1. The van der Waals surface area contributed by atoms with Crippen molar-refractivity contribution in [3.63, 3.8) is 0 Å². The van der Waals surface area contributed by atoms with Gasteiger partial charge in [-0.15, -0.1) is 0 Å². The summed E-state index contributed by atoms with van der Waals surface area (Å²) in [6, 6.07) is 8.45. The van der Waals surface area contributed by atoms with Crippen LogP contribution in [-0.4, -0.2) is 42.4 Å². The summed E-state index contributed by atoms with van der Waals surface area (Å²) in [5, 5.41) is 3.43. The monoisotopic (exact) mass is 549 g/mol. The second kappa shape index (κ2) is 10.9. The van der Waals surface area contributed by atoms with Crippen molar-refractivity contribution in [1.82, 2.24) is 10.3 Å². The first-order valence-electron chi connectivity index (χ1n) is 10.2. The highest BCUT2D eigenvalue weighted by atomic mass is 35.5. The van der Waals surface area contributed by atoms with Crippen LogP contribution in [0.1, 0.15) is 30.1 Å². The summed E-state index contributed by atoms with van der Waals surface area (Å²) >= 11 is 12.6. The average molecular weight is 550 g/mol. The fraction of sp³-hybridized carbons (Fsp3) is 0.318. The number of methoxy groups -OCH3 is 1. The number of aromatic nitrogens is 1. The van der Waals surface area contributed by atoms with Crippen LogP contribution in [0.15, 0.2) is 36.4 Å². The van der Waals surface area contributed by atoms with Crippen molar-refractivity contribution in [3.8, 4) is 5.75 Å². The van der Waals surface area contributed by atoms with E-state index in [1.54, 1.807) is 23.5 Å². The minimum absolute atomic E-state index is 0.173. The molecule has 3 rings (SSSR count). The molecule has 35 heavy (non-hydrogen) atoms. The van der Waals surface area contributed by atoms with E-state index < -0.39 is 23.7 Å². The zero-order valence-corrected chi connectivity index (χ0v) is 20.8. The van der Waals surface area contributed by atoms with Crippen LogP contribution in [0.5, 0.6) is 5.75 Å². The molecule has 1 atom stereocenters. The van der Waals surface area contributed by atoms with E-state index in [1.807, 2.05) is 12.2 Å². The number of thiazole rings is 1. The van der Waals surface area contributed by atoms with E-state index in [0.717, 1.165) is 37.4 Å². The van der Waals surface area contributed by atoms with Gasteiger partial charge in [-0.25, -0.2) is 9.78 Å². The molecule has 7 nitrogen and oxygen atoms in total. The van der Waals surface area contributed by atoms with Crippen LogP contribution >= 0.6 is 34.5 Å². The van der Waals surface area contributed by atoms with Crippen molar-refractivity contribution in [1.29, 1.82) is 0 Å². The number of nitrogens with one attached hydrogen (secondary N) is 2. The Labute approximate surface area is 212 Å². The van der Waals surface area contributed by atoms with Gasteiger partial charge in [-0.1, -0.05) is 47.9 Å². The molecule has 1 heterocycles. The van der Waals surface area contributed by atoms with Gasteiger partial charge in [0, 0.05) is 5.02 Å². The van der Waals surface area contributed by atoms with Crippen LogP contribution in [-0.2, 0) is 9.53 Å². The number of hydrogen-bond acceptors (Lipinski definition) is 7. The number of benzene rings is 2. The molecule has 3 aromatic rings. The summed E-state index contributed by atoms with van der Waals surface area (Å²) in [5.74, 6) is -2.55. The van der Waals surface area contributed by atoms with E-state index in [9.17, 15) is 22.8 Å². The second-order valence-electron chi connectivity index (χ2n) is 7.29. The number of anilines is 1. The van der Waals surface area contributed by atoms with Gasteiger partial charge in [0.2, 0.25) is 0 Å². The third-order valence-electron chi connectivity index (χ3n) is 4.81. The number of halogens is 5. The number of fused-ring (bicyclic) bond motifs is 1. The summed E-state index contributed by atoms with van der Waals surface area (Å²) < 4.78 is 53.6. The van der Waals surface area contributed by atoms with Crippen molar-refractivity contribution in [2.75, 3.05) is 19.0 Å². The first-order chi connectivity index (χ1) is 16.5. The molecule has 0 fully saturated rings. The molecule has 0 saturated heterocycles. The molecule has 0 bridgehead atoms. The van der Waals surface area contributed by atoms with Gasteiger partial charge in [0.05, 0.1) is 34.5 Å². The van der Waals surface area contributed by atoms with Gasteiger partial charge in [-0.2, -0.15) is 13.2 Å². The third-order valence-corrected chi connectivity index (χ3v) is 6.30. The number of ether oxygens (including phenoxy) is 2. The number of carbonyl (C=O) groups excluding carboxylic acids is 2. The molecule has 2 N–H and O–H groups in total. The normalized spacial score (nSPS) is 13.2. The topological polar surface area (TPSA) is 89.5 Å². The number of esters is 1. The maximum atomic E-state index is 14.4. The molecular weight excluding hydrogens is 530 g/mol. The number of alkyl halides is 3. The Balaban J connectivity index is 1.99. The van der Waals surface area contributed by atoms with Crippen LogP contribution in [0.2, 0.25) is 10.0 Å². The molecule has 0 radical (unpaired) electrons. The lowest BCUT2D eigenvalue weighted by atomic mass is 10.1. The van der Waals surface area contributed by atoms with E-state index in [2.05, 4.69) is 9.72 Å². The molecule has 0 spiro atoms. The second-order valence-corrected chi connectivity index (χ2v) is 9.17. The van der Waals surface area contributed by atoms with E-state index in [1.165, 1.54) is 12.1 Å². The van der Waals surface area contributed by atoms with Crippen LogP contribution < -0.4 is 15.4 Å². The first kappa shape index (κ1) is 26.8. The largest absolute Gasteiger partial charge is 0.494 e. The average Bonchev–Trinajstić information content (AvgIpc) is 3.18. The van der Waals surface area contributed by atoms with Crippen molar-refractivity contribution in [2.24, 2.45) is 0 Å². The molecular formula is C22H20Cl2F3N3O4S. The quantitative estimate of drug-likeness (QED) is 0.192. The van der Waals surface area contributed by atoms with E-state index >= 15 is 0 Å². The van der Waals surface area contributed by atoms with Gasteiger partial charge in [0.1, 0.15) is 5.75 Å². The maximum Gasteiger partial charge on any atom is 0.442 e. The van der Waals surface area contributed by atoms with Crippen molar-refractivity contribution >= 4 is 61.8 Å². The van der Waals surface area contributed by atoms with Gasteiger partial charge in [-0.05, 0) is 42.8 Å². The summed E-state index contributed by atoms with van der Waals surface area (Å²) in [5.41, 5.74) is -3.61. The number of amides is 1. The van der Waals surface area contributed by atoms with Crippen molar-refractivity contribution in [2.45, 2.75) is 31.6 Å². The molecule has 0 aliphatic carbocycles. The molecule has 1 aromatic heterocycles. The highest BCUT2D eigenvalue weighted by Gasteiger charge is 2.64. The Morgan fingerprint density at radius 3 is 2.51 bits per heavy atom. The molecule has 0 saturated carbocycles. The van der Waals surface area contributed by atoms with Crippen LogP contribution in [0.4, 0.5) is 18.3 Å². The lowest BCUT2D eigenvalue weighted by molar-refractivity contribution is -0.203. The maximum absolute atomic E-state index is 14.4. The molecule has 2 aromatic carbocycles. The zero-order chi connectivity index (χ0) is 25.8. The van der Waals surface area contributed by atoms with Gasteiger partial charge < -0.3 is 20.1 Å². The van der Waals surface area contributed by atoms with Gasteiger partial charge in [0.15, 0.2) is 5.13 Å². The smallest absolute Gasteiger partial charge is 0.442 e. The Bertz CT molecular complexity index is 1240. The Morgan fingerprint density at radius 2 is 1.89 bits per heavy atom. The fourth-order valence-electron chi connectivity index (χ4n) is 3.00. The Hall–Kier alpha value is -2.76. The third kappa shape index (κ3) is 5.91. The van der Waals surface area contributed by atoms with E-state index in [0.29, 0.717) is 22.6 Å². The standard InChI is InChI=1S/C22H20Cl2F3N3O4S/c1-3-4-9-34-13-6-8-16-17(11-13)35-20(28-16)30-21(19(32)33-2,22(25,26)27)29-18(31)14-7-5-12(23)10-15(14)24/h5-8,10-11H,3-4,9H2,1-2H3,(H,28,30)(H,29,31). The number of nitrogens with zero attached hydrogens (tertiary/aromatic N) is 1. The highest BCUT2D eigenvalue weighted by molar-refractivity contribution is 7.22. The van der Waals surface area contributed by atoms with Crippen LogP contribution in [0.25, 0.3) is 10.2 Å². The van der Waals surface area contributed by atoms with Gasteiger partial charge >= 0.3 is 17.8 Å². The van der Waals surface area contributed by atoms with E-state index in [-0.39, 0.29) is 20.7 Å². The lowest BCUT2D eigenvalue weighted by Crippen LogP contribution is -2.69. The summed E-state index contributed by atoms with van der Waals surface area (Å²) in [6.45, 7) is 2.51. The summed E-state index contributed by atoms with van der Waals surface area (Å²) in [7, 11) is 0.768. The SMILES string of the molecule is CCCCOc1ccc2nc(NC(NC(=O)c3ccc(Cl)cc3Cl)(C(=O)OC)C(F)(F)F)sc2c1. The number of hydrogen-bond donors (Lipinski definition) is 2. The zero-order valence-electron chi connectivity index (χ0n) is 18.5. The predicted molar refractivity (Wildman–Crippen MR) is 128 cm³/mol. The molecule has 1 amide bonds. The molecule has 1 unspecified atom stereocenters. The summed E-state index contributed by atoms with van der Waals surface area (Å²) in [6.07, 6.45) is -3.55. The van der Waals surface area contributed by atoms with Crippen LogP contribution in [0, 0.1) is 0 Å². The van der Waals surface area contributed by atoms with E-state index in [4.69, 9.17) is 27.9 Å². The minimum atomic E-state index is -5.33. The highest BCUT2D eigenvalue weighted by Crippen LogP contribution is 2.37. The summed E-state index contributed by atoms with van der Waals surface area (Å²) in [4.78, 5) is 29.4. The van der Waals surface area contributed by atoms with Crippen LogP contribution in [0.3, 0.4) is 0 Å². The predicted octanol–water partition coefficient (Wildman–Crippen LogP) is 6.06. The lowest BCUT2D eigenvalue weighted by Gasteiger charge is -2.34. The van der Waals surface area contributed by atoms with Crippen molar-refractivity contribution < 1.29 is 32.2 Å². The molecule has 13 heteroatoms.